The lowest BCUT2D eigenvalue weighted by atomic mass is 10.2. The van der Waals surface area contributed by atoms with Crippen molar-refractivity contribution in [3.63, 3.8) is 0 Å². The molecule has 0 atom stereocenters. The number of hydrogen-bond acceptors (Lipinski definition) is 3. The third-order valence-electron chi connectivity index (χ3n) is 1.77. The first-order valence-electron chi connectivity index (χ1n) is 3.91. The van der Waals surface area contributed by atoms with E-state index in [9.17, 15) is 8.42 Å². The highest BCUT2D eigenvalue weighted by atomic mass is 35.5. The summed E-state index contributed by atoms with van der Waals surface area (Å²) in [5.74, 6) is 0. The SMILES string of the molecule is CNS(=O)(=O)c1ccc(C(N)=S)cc1Cl. The van der Waals surface area contributed by atoms with Crippen LogP contribution in [0.5, 0.6) is 0 Å². The molecule has 4 nitrogen and oxygen atoms in total. The number of nitrogens with one attached hydrogen (secondary N) is 1. The number of rotatable bonds is 3. The largest absolute Gasteiger partial charge is 0.389 e. The van der Waals surface area contributed by atoms with Gasteiger partial charge in [-0.1, -0.05) is 29.9 Å². The van der Waals surface area contributed by atoms with Gasteiger partial charge in [-0.15, -0.1) is 0 Å². The van der Waals surface area contributed by atoms with Crippen molar-refractivity contribution in [2.24, 2.45) is 5.73 Å². The Labute approximate surface area is 98.5 Å². The first kappa shape index (κ1) is 12.4. The van der Waals surface area contributed by atoms with Crippen LogP contribution in [0.25, 0.3) is 0 Å². The molecule has 15 heavy (non-hydrogen) atoms. The van der Waals surface area contributed by atoms with Gasteiger partial charge in [0, 0.05) is 5.56 Å². The summed E-state index contributed by atoms with van der Waals surface area (Å²) in [6.45, 7) is 0. The minimum atomic E-state index is -3.54. The van der Waals surface area contributed by atoms with E-state index in [2.05, 4.69) is 4.72 Å². The molecule has 0 heterocycles. The maximum absolute atomic E-state index is 11.4. The highest BCUT2D eigenvalue weighted by Crippen LogP contribution is 2.22. The second-order valence-electron chi connectivity index (χ2n) is 2.72. The number of nitrogens with two attached hydrogens (primary N) is 1. The van der Waals surface area contributed by atoms with Crippen LogP contribution in [0.4, 0.5) is 0 Å². The van der Waals surface area contributed by atoms with Gasteiger partial charge in [-0.3, -0.25) is 0 Å². The minimum absolute atomic E-state index is 0.00617. The van der Waals surface area contributed by atoms with E-state index in [1.165, 1.54) is 25.2 Å². The van der Waals surface area contributed by atoms with E-state index in [4.69, 9.17) is 29.6 Å². The van der Waals surface area contributed by atoms with Crippen LogP contribution < -0.4 is 10.5 Å². The molecule has 1 rings (SSSR count). The summed E-state index contributed by atoms with van der Waals surface area (Å²) >= 11 is 10.5. The van der Waals surface area contributed by atoms with Gasteiger partial charge in [0.05, 0.1) is 5.02 Å². The van der Waals surface area contributed by atoms with Crippen LogP contribution >= 0.6 is 23.8 Å². The van der Waals surface area contributed by atoms with Crippen LogP contribution in [0, 0.1) is 0 Å². The number of sulfonamides is 1. The van der Waals surface area contributed by atoms with Crippen molar-refractivity contribution < 1.29 is 8.42 Å². The minimum Gasteiger partial charge on any atom is -0.389 e. The van der Waals surface area contributed by atoms with E-state index >= 15 is 0 Å². The van der Waals surface area contributed by atoms with Gasteiger partial charge in [0.15, 0.2) is 0 Å². The maximum Gasteiger partial charge on any atom is 0.241 e. The van der Waals surface area contributed by atoms with E-state index < -0.39 is 10.0 Å². The lowest BCUT2D eigenvalue weighted by Gasteiger charge is -2.06. The maximum atomic E-state index is 11.4. The molecule has 1 aromatic carbocycles. The van der Waals surface area contributed by atoms with Gasteiger partial charge in [0.25, 0.3) is 0 Å². The van der Waals surface area contributed by atoms with Gasteiger partial charge in [-0.2, -0.15) is 0 Å². The fourth-order valence-corrected chi connectivity index (χ4v) is 2.38. The van der Waals surface area contributed by atoms with Gasteiger partial charge in [-0.05, 0) is 19.2 Å². The van der Waals surface area contributed by atoms with Gasteiger partial charge in [0.2, 0.25) is 10.0 Å². The molecule has 0 spiro atoms. The summed E-state index contributed by atoms with van der Waals surface area (Å²) in [5.41, 5.74) is 5.91. The lowest BCUT2D eigenvalue weighted by Crippen LogP contribution is -2.19. The second-order valence-corrected chi connectivity index (χ2v) is 5.42. The number of halogens is 1. The highest BCUT2D eigenvalue weighted by Gasteiger charge is 2.16. The van der Waals surface area contributed by atoms with E-state index in [1.54, 1.807) is 0 Å². The van der Waals surface area contributed by atoms with Crippen LogP contribution in [0.1, 0.15) is 5.56 Å². The molecule has 0 amide bonds. The molecule has 7 heteroatoms. The molecule has 1 aromatic rings. The van der Waals surface area contributed by atoms with Crippen LogP contribution in [0.3, 0.4) is 0 Å². The first-order chi connectivity index (χ1) is 6.88. The molecule has 0 saturated heterocycles. The first-order valence-corrected chi connectivity index (χ1v) is 6.18. The molecule has 0 aliphatic heterocycles. The van der Waals surface area contributed by atoms with Crippen molar-refractivity contribution in [1.29, 1.82) is 0 Å². The molecule has 0 fully saturated rings. The third kappa shape index (κ3) is 2.66. The Kier molecular flexibility index (Phi) is 3.67. The Morgan fingerprint density at radius 3 is 2.53 bits per heavy atom. The number of thiocarbonyl (C=S) groups is 1. The van der Waals surface area contributed by atoms with Gasteiger partial charge in [0.1, 0.15) is 9.88 Å². The van der Waals surface area contributed by atoms with Crippen molar-refractivity contribution >= 4 is 38.8 Å². The van der Waals surface area contributed by atoms with Gasteiger partial charge >= 0.3 is 0 Å². The summed E-state index contributed by atoms with van der Waals surface area (Å²) in [6.07, 6.45) is 0. The predicted molar refractivity (Wildman–Crippen MR) is 63.6 cm³/mol. The van der Waals surface area contributed by atoms with Crippen molar-refractivity contribution in [2.45, 2.75) is 4.90 Å². The quantitative estimate of drug-likeness (QED) is 0.795. The molecule has 0 saturated carbocycles. The zero-order valence-electron chi connectivity index (χ0n) is 7.82. The van der Waals surface area contributed by atoms with Gasteiger partial charge in [-0.25, -0.2) is 13.1 Å². The Bertz CT molecular complexity index is 499. The topological polar surface area (TPSA) is 72.2 Å². The van der Waals surface area contributed by atoms with Crippen molar-refractivity contribution in [1.82, 2.24) is 4.72 Å². The number of hydrogen-bond donors (Lipinski definition) is 2. The van der Waals surface area contributed by atoms with E-state index in [-0.39, 0.29) is 14.9 Å². The van der Waals surface area contributed by atoms with E-state index in [0.717, 1.165) is 0 Å². The normalized spacial score (nSPS) is 11.3. The summed E-state index contributed by atoms with van der Waals surface area (Å²) < 4.78 is 25.1. The van der Waals surface area contributed by atoms with Crippen molar-refractivity contribution in [3.05, 3.63) is 28.8 Å². The Hall–Kier alpha value is -0.690. The standard InChI is InChI=1S/C8H9ClN2O2S2/c1-11-15(12,13)7-3-2-5(8(10)14)4-6(7)9/h2-4,11H,1H3,(H2,10,14). The molecule has 0 aliphatic rings. The van der Waals surface area contributed by atoms with Gasteiger partial charge < -0.3 is 5.73 Å². The average molecular weight is 265 g/mol. The predicted octanol–water partition coefficient (Wildman–Crippen LogP) is 0.882. The monoisotopic (exact) mass is 264 g/mol. The van der Waals surface area contributed by atoms with Crippen LogP contribution in [0.15, 0.2) is 23.1 Å². The molecule has 82 valence electrons. The smallest absolute Gasteiger partial charge is 0.241 e. The molecule has 0 aromatic heterocycles. The zero-order chi connectivity index (χ0) is 11.6. The molecule has 0 unspecified atom stereocenters. The van der Waals surface area contributed by atoms with Crippen molar-refractivity contribution in [2.75, 3.05) is 7.05 Å². The summed E-state index contributed by atoms with van der Waals surface area (Å²) in [6, 6.07) is 4.30. The Morgan fingerprint density at radius 2 is 2.13 bits per heavy atom. The molecule has 3 N–H and O–H groups in total. The molecule has 0 aliphatic carbocycles. The molecular formula is C8H9ClN2O2S2. The van der Waals surface area contributed by atoms with Crippen molar-refractivity contribution in [3.8, 4) is 0 Å². The Balaban J connectivity index is 3.32. The van der Waals surface area contributed by atoms with Crippen LogP contribution in [-0.2, 0) is 10.0 Å². The zero-order valence-corrected chi connectivity index (χ0v) is 10.2. The van der Waals surface area contributed by atoms with Crippen LogP contribution in [0.2, 0.25) is 5.02 Å². The fourth-order valence-electron chi connectivity index (χ4n) is 0.982. The summed E-state index contributed by atoms with van der Waals surface area (Å²) in [4.78, 5) is 0.178. The van der Waals surface area contributed by atoms with E-state index in [0.29, 0.717) is 5.56 Å². The third-order valence-corrected chi connectivity index (χ3v) is 3.91. The molecule has 0 bridgehead atoms. The lowest BCUT2D eigenvalue weighted by molar-refractivity contribution is 0.588. The Morgan fingerprint density at radius 1 is 1.53 bits per heavy atom. The van der Waals surface area contributed by atoms with E-state index in [1.807, 2.05) is 0 Å². The second kappa shape index (κ2) is 4.44. The summed E-state index contributed by atoms with van der Waals surface area (Å²) in [7, 11) is -2.22. The number of benzene rings is 1. The highest BCUT2D eigenvalue weighted by molar-refractivity contribution is 7.89. The average Bonchev–Trinajstić information content (AvgIpc) is 2.17. The summed E-state index contributed by atoms with van der Waals surface area (Å²) in [5, 5.41) is 0.0923. The molecular weight excluding hydrogens is 256 g/mol. The fraction of sp³-hybridized carbons (Fsp3) is 0.125. The molecule has 0 radical (unpaired) electrons. The van der Waals surface area contributed by atoms with Crippen LogP contribution in [-0.4, -0.2) is 20.5 Å².